The molecule has 116 valence electrons. The van der Waals surface area contributed by atoms with Crippen molar-refractivity contribution >= 4 is 17.6 Å². The minimum Gasteiger partial charge on any atom is -0.509 e. The Bertz CT molecular complexity index is 646. The predicted molar refractivity (Wildman–Crippen MR) is 81.2 cm³/mol. The Hall–Kier alpha value is -2.43. The first-order valence-corrected chi connectivity index (χ1v) is 7.21. The molecule has 1 aromatic rings. The SMILES string of the molecule is CC(=O)C1=C(O)C(CC(C)C)N(C(=O)c2ccccc2)C1=O. The largest absolute Gasteiger partial charge is 0.509 e. The van der Waals surface area contributed by atoms with Crippen LogP contribution < -0.4 is 0 Å². The van der Waals surface area contributed by atoms with Crippen LogP contribution in [0.4, 0.5) is 0 Å². The second kappa shape index (κ2) is 6.13. The average Bonchev–Trinajstić information content (AvgIpc) is 2.69. The predicted octanol–water partition coefficient (Wildman–Crippen LogP) is 2.48. The standard InChI is InChI=1S/C17H19NO4/c1-10(2)9-13-15(20)14(11(3)19)17(22)18(13)16(21)12-7-5-4-6-8-12/h4-8,10,13,20H,9H2,1-3H3. The molecule has 1 unspecified atom stereocenters. The van der Waals surface area contributed by atoms with Crippen molar-refractivity contribution in [1.82, 2.24) is 4.90 Å². The van der Waals surface area contributed by atoms with Crippen LogP contribution in [0.5, 0.6) is 0 Å². The molecule has 0 bridgehead atoms. The highest BCUT2D eigenvalue weighted by atomic mass is 16.3. The van der Waals surface area contributed by atoms with Gasteiger partial charge < -0.3 is 5.11 Å². The molecule has 1 aromatic carbocycles. The van der Waals surface area contributed by atoms with Crippen molar-refractivity contribution in [2.75, 3.05) is 0 Å². The molecule has 0 aromatic heterocycles. The van der Waals surface area contributed by atoms with Crippen LogP contribution in [0.25, 0.3) is 0 Å². The Morgan fingerprint density at radius 1 is 1.23 bits per heavy atom. The summed E-state index contributed by atoms with van der Waals surface area (Å²) in [7, 11) is 0. The fraction of sp³-hybridized carbons (Fsp3) is 0.353. The third-order valence-electron chi connectivity index (χ3n) is 3.60. The van der Waals surface area contributed by atoms with Crippen LogP contribution in [0, 0.1) is 5.92 Å². The third-order valence-corrected chi connectivity index (χ3v) is 3.60. The fourth-order valence-corrected chi connectivity index (χ4v) is 2.61. The van der Waals surface area contributed by atoms with Crippen molar-refractivity contribution in [3.8, 4) is 0 Å². The normalized spacial score (nSPS) is 18.3. The van der Waals surface area contributed by atoms with E-state index in [2.05, 4.69) is 0 Å². The molecule has 5 heteroatoms. The first-order chi connectivity index (χ1) is 10.3. The summed E-state index contributed by atoms with van der Waals surface area (Å²) in [6.07, 6.45) is 0.410. The molecule has 0 fully saturated rings. The van der Waals surface area contributed by atoms with E-state index < -0.39 is 23.6 Å². The van der Waals surface area contributed by atoms with Gasteiger partial charge in [-0.2, -0.15) is 0 Å². The zero-order valence-electron chi connectivity index (χ0n) is 12.9. The van der Waals surface area contributed by atoms with E-state index in [4.69, 9.17) is 0 Å². The van der Waals surface area contributed by atoms with Gasteiger partial charge in [-0.3, -0.25) is 19.3 Å². The maximum absolute atomic E-state index is 12.6. The maximum Gasteiger partial charge on any atom is 0.268 e. The molecule has 1 aliphatic rings. The average molecular weight is 301 g/mol. The summed E-state index contributed by atoms with van der Waals surface area (Å²) in [5, 5.41) is 10.2. The summed E-state index contributed by atoms with van der Waals surface area (Å²) in [6.45, 7) is 5.07. The Morgan fingerprint density at radius 3 is 2.32 bits per heavy atom. The quantitative estimate of drug-likeness (QED) is 0.685. The first kappa shape index (κ1) is 15.9. The molecule has 22 heavy (non-hydrogen) atoms. The number of imide groups is 1. The van der Waals surface area contributed by atoms with Gasteiger partial charge in [0.05, 0.1) is 6.04 Å². The number of rotatable bonds is 4. The number of aliphatic hydroxyl groups is 1. The number of ketones is 1. The minimum atomic E-state index is -0.779. The van der Waals surface area contributed by atoms with E-state index in [1.54, 1.807) is 30.3 Å². The van der Waals surface area contributed by atoms with Crippen molar-refractivity contribution in [2.45, 2.75) is 33.2 Å². The number of amides is 2. The molecule has 0 aliphatic carbocycles. The Balaban J connectivity index is 2.43. The lowest BCUT2D eigenvalue weighted by molar-refractivity contribution is -0.126. The van der Waals surface area contributed by atoms with E-state index in [9.17, 15) is 19.5 Å². The van der Waals surface area contributed by atoms with Crippen molar-refractivity contribution in [1.29, 1.82) is 0 Å². The molecule has 5 nitrogen and oxygen atoms in total. The van der Waals surface area contributed by atoms with Gasteiger partial charge in [0.15, 0.2) is 5.78 Å². The molecule has 1 aliphatic heterocycles. The third kappa shape index (κ3) is 2.79. The summed E-state index contributed by atoms with van der Waals surface area (Å²) in [4.78, 5) is 37.7. The highest BCUT2D eigenvalue weighted by Crippen LogP contribution is 2.30. The van der Waals surface area contributed by atoms with Gasteiger partial charge in [-0.15, -0.1) is 0 Å². The number of Topliss-reactive ketones (excluding diaryl/α,β-unsaturated/α-hetero) is 1. The second-order valence-electron chi connectivity index (χ2n) is 5.81. The number of carbonyl (C=O) groups excluding carboxylic acids is 3. The molecular formula is C17H19NO4. The van der Waals surface area contributed by atoms with Crippen LogP contribution >= 0.6 is 0 Å². The van der Waals surface area contributed by atoms with Crippen molar-refractivity contribution in [2.24, 2.45) is 5.92 Å². The van der Waals surface area contributed by atoms with Crippen LogP contribution in [0.1, 0.15) is 37.6 Å². The van der Waals surface area contributed by atoms with Crippen molar-refractivity contribution in [3.05, 3.63) is 47.2 Å². The Morgan fingerprint density at radius 2 is 1.82 bits per heavy atom. The van der Waals surface area contributed by atoms with E-state index in [-0.39, 0.29) is 17.3 Å². The molecule has 2 amide bonds. The number of aliphatic hydroxyl groups excluding tert-OH is 1. The van der Waals surface area contributed by atoms with Crippen LogP contribution in [0.2, 0.25) is 0 Å². The fourth-order valence-electron chi connectivity index (χ4n) is 2.61. The maximum atomic E-state index is 12.6. The molecule has 1 heterocycles. The Labute approximate surface area is 129 Å². The number of carbonyl (C=O) groups is 3. The monoisotopic (exact) mass is 301 g/mol. The van der Waals surface area contributed by atoms with Crippen LogP contribution in [0.3, 0.4) is 0 Å². The molecule has 0 radical (unpaired) electrons. The molecular weight excluding hydrogens is 282 g/mol. The molecule has 0 saturated carbocycles. The lowest BCUT2D eigenvalue weighted by Gasteiger charge is -2.25. The summed E-state index contributed by atoms with van der Waals surface area (Å²) in [5.74, 6) is -1.89. The van der Waals surface area contributed by atoms with E-state index in [0.717, 1.165) is 4.90 Å². The van der Waals surface area contributed by atoms with E-state index >= 15 is 0 Å². The van der Waals surface area contributed by atoms with Crippen LogP contribution in [-0.2, 0) is 9.59 Å². The molecule has 1 N–H and O–H groups in total. The zero-order valence-corrected chi connectivity index (χ0v) is 12.9. The van der Waals surface area contributed by atoms with Gasteiger partial charge in [-0.1, -0.05) is 32.0 Å². The van der Waals surface area contributed by atoms with Crippen LogP contribution in [-0.4, -0.2) is 33.6 Å². The zero-order chi connectivity index (χ0) is 16.4. The number of hydrogen-bond donors (Lipinski definition) is 1. The number of hydrogen-bond acceptors (Lipinski definition) is 4. The van der Waals surface area contributed by atoms with Crippen molar-refractivity contribution < 1.29 is 19.5 Å². The minimum absolute atomic E-state index is 0.150. The second-order valence-corrected chi connectivity index (χ2v) is 5.81. The molecule has 1 atom stereocenters. The molecule has 0 saturated heterocycles. The van der Waals surface area contributed by atoms with Gasteiger partial charge in [-0.05, 0) is 31.4 Å². The lowest BCUT2D eigenvalue weighted by atomic mass is 10.0. The molecule has 0 spiro atoms. The van der Waals surface area contributed by atoms with Crippen molar-refractivity contribution in [3.63, 3.8) is 0 Å². The van der Waals surface area contributed by atoms with E-state index in [1.807, 2.05) is 13.8 Å². The van der Waals surface area contributed by atoms with E-state index in [1.165, 1.54) is 6.92 Å². The molecule has 2 rings (SSSR count). The van der Waals surface area contributed by atoms with Gasteiger partial charge in [-0.25, -0.2) is 0 Å². The van der Waals surface area contributed by atoms with Gasteiger partial charge >= 0.3 is 0 Å². The summed E-state index contributed by atoms with van der Waals surface area (Å²) in [5.41, 5.74) is 0.0668. The van der Waals surface area contributed by atoms with Gasteiger partial charge in [0.2, 0.25) is 0 Å². The highest BCUT2D eigenvalue weighted by Gasteiger charge is 2.45. The van der Waals surface area contributed by atoms with Crippen LogP contribution in [0.15, 0.2) is 41.7 Å². The Kier molecular flexibility index (Phi) is 4.45. The number of nitrogens with zero attached hydrogens (tertiary/aromatic N) is 1. The smallest absolute Gasteiger partial charge is 0.268 e. The van der Waals surface area contributed by atoms with Gasteiger partial charge in [0.25, 0.3) is 11.8 Å². The van der Waals surface area contributed by atoms with E-state index in [0.29, 0.717) is 12.0 Å². The highest BCUT2D eigenvalue weighted by molar-refractivity contribution is 6.25. The lowest BCUT2D eigenvalue weighted by Crippen LogP contribution is -2.41. The summed E-state index contributed by atoms with van der Waals surface area (Å²) in [6, 6.07) is 7.59. The number of benzene rings is 1. The topological polar surface area (TPSA) is 74.7 Å². The summed E-state index contributed by atoms with van der Waals surface area (Å²) >= 11 is 0. The van der Waals surface area contributed by atoms with Gasteiger partial charge in [0.1, 0.15) is 11.3 Å². The van der Waals surface area contributed by atoms with Gasteiger partial charge in [0, 0.05) is 5.56 Å². The first-order valence-electron chi connectivity index (χ1n) is 7.21. The summed E-state index contributed by atoms with van der Waals surface area (Å²) < 4.78 is 0.